The molecule has 0 aliphatic rings. The van der Waals surface area contributed by atoms with Crippen molar-refractivity contribution in [1.82, 2.24) is 30.2 Å². The molecule has 14 nitrogen and oxygen atoms in total. The lowest BCUT2D eigenvalue weighted by atomic mass is 10.0. The number of rotatable bonds is 18. The van der Waals surface area contributed by atoms with E-state index in [4.69, 9.17) is 30.2 Å². The summed E-state index contributed by atoms with van der Waals surface area (Å²) in [4.78, 5) is 23.9. The number of nitrogens with zero attached hydrogens (tertiary/aromatic N) is 9. The zero-order valence-corrected chi connectivity index (χ0v) is 34.0. The lowest BCUT2D eigenvalue weighted by molar-refractivity contribution is -0.142. The second-order valence-corrected chi connectivity index (χ2v) is 13.9. The lowest BCUT2D eigenvalue weighted by Crippen LogP contribution is -2.22. The molecule has 0 unspecified atom stereocenters. The van der Waals surface area contributed by atoms with Crippen LogP contribution in [0.3, 0.4) is 0 Å². The van der Waals surface area contributed by atoms with Crippen LogP contribution in [-0.2, 0) is 38.3 Å². The van der Waals surface area contributed by atoms with Gasteiger partial charge >= 0.3 is 12.4 Å². The van der Waals surface area contributed by atoms with E-state index in [-0.39, 0.29) is 49.9 Å². The second-order valence-electron chi connectivity index (χ2n) is 13.9. The van der Waals surface area contributed by atoms with Gasteiger partial charge in [-0.2, -0.15) is 26.3 Å². The zero-order chi connectivity index (χ0) is 44.2. The van der Waals surface area contributed by atoms with Crippen molar-refractivity contribution >= 4 is 33.8 Å². The molecule has 0 fully saturated rings. The second kappa shape index (κ2) is 23.3. The first-order chi connectivity index (χ1) is 29.2. The first kappa shape index (κ1) is 51.1. The molecule has 0 bridgehead atoms. The third-order valence-corrected chi connectivity index (χ3v) is 9.24. The van der Waals surface area contributed by atoms with Gasteiger partial charge in [0, 0.05) is 68.7 Å². The lowest BCUT2D eigenvalue weighted by Gasteiger charge is -2.17. The third kappa shape index (κ3) is 13.1. The van der Waals surface area contributed by atoms with Crippen LogP contribution >= 0.6 is 0 Å². The standard InChI is InChI=1S/C21H22F3N5O2.C20H23F3N4O3.2CH4/c1-4-6-15-17(8-7-16-18(15)31-28-19(16)21(22,23)24)30-10-5-9-29(3)20-26-12-14(11-25-2)13-27-20;1-3-5-14-16(7-6-15-17(14)30-26-18(15)20(21,22)23)29-9-4-8-27(2)19-24-10-13(12-28)11-25-19;;/h7-8,12-13H,4-6,9-11H2,1,3H3;6-7,10-11,28H,3-5,8-9,12H2,1-2H3;2*1H4. The van der Waals surface area contributed by atoms with Gasteiger partial charge in [0.05, 0.1) is 36.2 Å². The molecule has 0 atom stereocenters. The van der Waals surface area contributed by atoms with Crippen LogP contribution in [-0.4, -0.2) is 75.8 Å². The molecule has 342 valence electrons. The van der Waals surface area contributed by atoms with Crippen LogP contribution in [0.2, 0.25) is 0 Å². The van der Waals surface area contributed by atoms with Crippen LogP contribution in [0, 0.1) is 6.57 Å². The van der Waals surface area contributed by atoms with Crippen LogP contribution in [0.1, 0.15) is 88.0 Å². The third-order valence-electron chi connectivity index (χ3n) is 9.24. The predicted molar refractivity (Wildman–Crippen MR) is 227 cm³/mol. The summed E-state index contributed by atoms with van der Waals surface area (Å²) in [5.74, 6) is 2.08. The first-order valence-corrected chi connectivity index (χ1v) is 19.4. The van der Waals surface area contributed by atoms with Crippen molar-refractivity contribution in [2.24, 2.45) is 0 Å². The Balaban J connectivity index is 0.000000325. The number of ether oxygens (including phenoxy) is 2. The molecule has 1 N–H and O–H groups in total. The Morgan fingerprint density at radius 1 is 0.667 bits per heavy atom. The van der Waals surface area contributed by atoms with Gasteiger partial charge in [0.2, 0.25) is 18.4 Å². The molecule has 0 aliphatic heterocycles. The number of alkyl halides is 6. The van der Waals surface area contributed by atoms with E-state index in [1.165, 1.54) is 12.1 Å². The fraction of sp³-hybridized carbons (Fsp3) is 0.465. The van der Waals surface area contributed by atoms with E-state index >= 15 is 0 Å². The van der Waals surface area contributed by atoms with E-state index in [9.17, 15) is 26.3 Å². The topological polar surface area (TPSA) is 153 Å². The smallest absolute Gasteiger partial charge is 0.437 e. The molecule has 0 aliphatic carbocycles. The average molecular weight is 890 g/mol. The summed E-state index contributed by atoms with van der Waals surface area (Å²) in [6, 6.07) is 5.77. The van der Waals surface area contributed by atoms with Crippen molar-refractivity contribution in [2.45, 2.75) is 92.7 Å². The van der Waals surface area contributed by atoms with Crippen molar-refractivity contribution < 1.29 is 50.0 Å². The van der Waals surface area contributed by atoms with Crippen molar-refractivity contribution in [3.8, 4) is 11.5 Å². The van der Waals surface area contributed by atoms with Crippen LogP contribution in [0.15, 0.2) is 58.1 Å². The van der Waals surface area contributed by atoms with Gasteiger partial charge in [-0.3, -0.25) is 0 Å². The van der Waals surface area contributed by atoms with Gasteiger partial charge in [-0.25, -0.2) is 26.5 Å². The zero-order valence-electron chi connectivity index (χ0n) is 34.0. The van der Waals surface area contributed by atoms with Gasteiger partial charge in [-0.15, -0.1) is 0 Å². The van der Waals surface area contributed by atoms with Crippen LogP contribution in [0.5, 0.6) is 11.5 Å². The summed E-state index contributed by atoms with van der Waals surface area (Å²) < 4.78 is 100. The average Bonchev–Trinajstić information content (AvgIpc) is 3.89. The minimum atomic E-state index is -4.57. The largest absolute Gasteiger partial charge is 0.493 e. The Labute approximate surface area is 362 Å². The van der Waals surface area contributed by atoms with Gasteiger partial charge in [-0.1, -0.05) is 51.9 Å². The van der Waals surface area contributed by atoms with E-state index in [0.29, 0.717) is 92.1 Å². The highest BCUT2D eigenvalue weighted by Gasteiger charge is 2.38. The maximum atomic E-state index is 13.1. The summed E-state index contributed by atoms with van der Waals surface area (Å²) in [7, 11) is 3.70. The number of anilines is 2. The quantitative estimate of drug-likeness (QED) is 0.0495. The van der Waals surface area contributed by atoms with Crippen molar-refractivity contribution in [2.75, 3.05) is 50.2 Å². The molecular formula is C43H53F6N9O5. The minimum absolute atomic E-state index is 0. The van der Waals surface area contributed by atoms with Gasteiger partial charge < -0.3 is 38.3 Å². The molecule has 0 amide bonds. The van der Waals surface area contributed by atoms with Crippen LogP contribution in [0.25, 0.3) is 26.8 Å². The molecular weight excluding hydrogens is 837 g/mol. The van der Waals surface area contributed by atoms with Crippen molar-refractivity contribution in [1.29, 1.82) is 0 Å². The van der Waals surface area contributed by atoms with E-state index in [2.05, 4.69) is 35.1 Å². The Morgan fingerprint density at radius 2 is 1.06 bits per heavy atom. The molecule has 0 radical (unpaired) electrons. The molecule has 63 heavy (non-hydrogen) atoms. The molecule has 4 aromatic heterocycles. The summed E-state index contributed by atoms with van der Waals surface area (Å²) in [5.41, 5.74) is 0.786. The number of aryl methyl sites for hydroxylation is 2. The number of benzene rings is 2. The number of hydrogen-bond donors (Lipinski definition) is 1. The summed E-state index contributed by atoms with van der Waals surface area (Å²) >= 11 is 0. The summed E-state index contributed by atoms with van der Waals surface area (Å²) in [5, 5.41) is 15.4. The molecule has 6 rings (SSSR count). The Hall–Kier alpha value is -6.23. The number of aromatic nitrogens is 6. The van der Waals surface area contributed by atoms with E-state index < -0.39 is 23.7 Å². The first-order valence-electron chi connectivity index (χ1n) is 19.4. The van der Waals surface area contributed by atoms with E-state index in [1.54, 1.807) is 36.9 Å². The Bertz CT molecular complexity index is 2360. The SMILES string of the molecule is C.C.CCCc1c(OCCCN(C)c2ncc(CO)cn2)ccc2c(C(F)(F)F)noc12.[C-]#[N+]Cc1cnc(N(C)CCCOc2ccc3c(C(F)(F)F)noc3c2CCC)nc1. The van der Waals surface area contributed by atoms with Gasteiger partial charge in [-0.05, 0) is 49.9 Å². The summed E-state index contributed by atoms with van der Waals surface area (Å²) in [6.45, 7) is 12.8. The predicted octanol–water partition coefficient (Wildman–Crippen LogP) is 10.2. The van der Waals surface area contributed by atoms with Crippen molar-refractivity contribution in [3.05, 3.63) is 94.1 Å². The Kier molecular flexibility index (Phi) is 18.9. The highest BCUT2D eigenvalue weighted by Crippen LogP contribution is 2.39. The molecule has 20 heteroatoms. The van der Waals surface area contributed by atoms with Gasteiger partial charge in [0.15, 0.2) is 22.6 Å². The monoisotopic (exact) mass is 889 g/mol. The van der Waals surface area contributed by atoms with Gasteiger partial charge in [0.1, 0.15) is 11.5 Å². The number of halogens is 6. The summed E-state index contributed by atoms with van der Waals surface area (Å²) in [6.07, 6.45) is 1.03. The molecule has 0 saturated heterocycles. The molecule has 0 saturated carbocycles. The molecule has 6 aromatic rings. The maximum absolute atomic E-state index is 13.1. The number of aliphatic hydroxyl groups excluding tert-OH is 1. The Morgan fingerprint density at radius 3 is 1.41 bits per heavy atom. The molecule has 4 heterocycles. The van der Waals surface area contributed by atoms with Crippen LogP contribution in [0.4, 0.5) is 38.2 Å². The number of hydrogen-bond acceptors (Lipinski definition) is 13. The minimum Gasteiger partial charge on any atom is -0.493 e. The van der Waals surface area contributed by atoms with E-state index in [0.717, 1.165) is 18.4 Å². The number of aliphatic hydroxyl groups is 1. The molecule has 2 aromatic carbocycles. The highest BCUT2D eigenvalue weighted by molar-refractivity contribution is 5.86. The fourth-order valence-electron chi connectivity index (χ4n) is 6.25. The van der Waals surface area contributed by atoms with E-state index in [1.807, 2.05) is 37.7 Å². The van der Waals surface area contributed by atoms with Gasteiger partial charge in [0.25, 0.3) is 0 Å². The fourth-order valence-corrected chi connectivity index (χ4v) is 6.25. The maximum Gasteiger partial charge on any atom is 0.437 e. The number of fused-ring (bicyclic) bond motifs is 2. The molecule has 0 spiro atoms. The van der Waals surface area contributed by atoms with Crippen LogP contribution < -0.4 is 19.3 Å². The normalized spacial score (nSPS) is 11.3. The van der Waals surface area contributed by atoms with Crippen molar-refractivity contribution in [3.63, 3.8) is 0 Å². The highest BCUT2D eigenvalue weighted by atomic mass is 19.4.